The predicted octanol–water partition coefficient (Wildman–Crippen LogP) is 2.19. The third-order valence-corrected chi connectivity index (χ3v) is 5.63. The summed E-state index contributed by atoms with van der Waals surface area (Å²) in [5.74, 6) is -3.44. The third-order valence-electron chi connectivity index (χ3n) is 5.63. The Labute approximate surface area is 229 Å². The van der Waals surface area contributed by atoms with Crippen LogP contribution in [-0.2, 0) is 42.9 Å². The molecule has 1 fully saturated rings. The van der Waals surface area contributed by atoms with Crippen LogP contribution in [0.4, 0.5) is 0 Å². The van der Waals surface area contributed by atoms with E-state index in [0.29, 0.717) is 11.8 Å². The second-order valence-electron chi connectivity index (χ2n) is 8.75. The molecule has 0 aromatic heterocycles. The van der Waals surface area contributed by atoms with Crippen LogP contribution in [0.3, 0.4) is 0 Å². The molecular formula is C28H28O12. The van der Waals surface area contributed by atoms with Crippen LogP contribution in [0.25, 0.3) is 0 Å². The number of carbonyl (C=O) groups excluding carboxylic acids is 6. The van der Waals surface area contributed by atoms with E-state index in [2.05, 4.69) is 0 Å². The van der Waals surface area contributed by atoms with E-state index in [4.69, 9.17) is 28.4 Å². The SMILES string of the molecule is CC(=O)OC[C@H]1O[C@@H](Oc2ccc(C(=O)c3ccccc3)cc2C=O)[C@H](OC(C)=O)[C@@H](OC(C)=O)[C@@H]1OC(C)=O. The van der Waals surface area contributed by atoms with Crippen LogP contribution in [0.2, 0.25) is 0 Å². The van der Waals surface area contributed by atoms with Gasteiger partial charge in [-0.15, -0.1) is 0 Å². The minimum atomic E-state index is -1.53. The maximum absolute atomic E-state index is 12.9. The summed E-state index contributed by atoms with van der Waals surface area (Å²) in [4.78, 5) is 72.2. The average molecular weight is 557 g/mol. The molecule has 12 nitrogen and oxygen atoms in total. The number of ether oxygens (including phenoxy) is 6. The summed E-state index contributed by atoms with van der Waals surface area (Å²) in [5.41, 5.74) is 0.587. The minimum Gasteiger partial charge on any atom is -0.463 e. The number of carbonyl (C=O) groups is 6. The van der Waals surface area contributed by atoms with Gasteiger partial charge in [-0.2, -0.15) is 0 Å². The first-order valence-electron chi connectivity index (χ1n) is 12.2. The Bertz CT molecular complexity index is 1270. The summed E-state index contributed by atoms with van der Waals surface area (Å²) in [5, 5.41) is 0. The Morgan fingerprint density at radius 1 is 0.750 bits per heavy atom. The van der Waals surface area contributed by atoms with Gasteiger partial charge in [0.05, 0.1) is 5.56 Å². The minimum absolute atomic E-state index is 0.0327. The molecule has 0 bridgehead atoms. The number of esters is 4. The Morgan fingerprint density at radius 3 is 1.93 bits per heavy atom. The van der Waals surface area contributed by atoms with Gasteiger partial charge in [0.2, 0.25) is 12.4 Å². The normalized spacial score (nSPS) is 21.9. The molecule has 0 N–H and O–H groups in total. The van der Waals surface area contributed by atoms with Crippen molar-refractivity contribution in [3.05, 3.63) is 65.2 Å². The van der Waals surface area contributed by atoms with Gasteiger partial charge in [-0.1, -0.05) is 30.3 Å². The number of ketones is 1. The number of benzene rings is 2. The number of rotatable bonds is 10. The molecule has 5 atom stereocenters. The lowest BCUT2D eigenvalue weighted by Gasteiger charge is -2.44. The van der Waals surface area contributed by atoms with Crippen molar-refractivity contribution in [2.75, 3.05) is 6.61 Å². The van der Waals surface area contributed by atoms with E-state index in [9.17, 15) is 28.8 Å². The molecule has 1 aliphatic heterocycles. The topological polar surface area (TPSA) is 158 Å². The van der Waals surface area contributed by atoms with Crippen molar-refractivity contribution in [1.29, 1.82) is 0 Å². The third kappa shape index (κ3) is 7.73. The fourth-order valence-electron chi connectivity index (χ4n) is 4.05. The van der Waals surface area contributed by atoms with Crippen molar-refractivity contribution in [1.82, 2.24) is 0 Å². The molecule has 40 heavy (non-hydrogen) atoms. The van der Waals surface area contributed by atoms with Gasteiger partial charge in [0.15, 0.2) is 24.3 Å². The molecule has 0 spiro atoms. The van der Waals surface area contributed by atoms with Gasteiger partial charge in [-0.05, 0) is 18.2 Å². The van der Waals surface area contributed by atoms with Crippen LogP contribution in [0, 0.1) is 0 Å². The predicted molar refractivity (Wildman–Crippen MR) is 134 cm³/mol. The van der Waals surface area contributed by atoms with Crippen molar-refractivity contribution in [3.63, 3.8) is 0 Å². The van der Waals surface area contributed by atoms with Crippen LogP contribution in [0.1, 0.15) is 54.0 Å². The Kier molecular flexibility index (Phi) is 10.1. The molecule has 1 saturated heterocycles. The first-order valence-corrected chi connectivity index (χ1v) is 12.2. The molecule has 0 radical (unpaired) electrons. The van der Waals surface area contributed by atoms with Gasteiger partial charge >= 0.3 is 23.9 Å². The van der Waals surface area contributed by atoms with E-state index in [1.54, 1.807) is 30.3 Å². The first kappa shape index (κ1) is 30.0. The number of hydrogen-bond acceptors (Lipinski definition) is 12. The maximum atomic E-state index is 12.9. The summed E-state index contributed by atoms with van der Waals surface area (Å²) in [6.45, 7) is 4.00. The Morgan fingerprint density at radius 2 is 1.35 bits per heavy atom. The number of aldehydes is 1. The fourth-order valence-corrected chi connectivity index (χ4v) is 4.05. The van der Waals surface area contributed by atoms with Gasteiger partial charge in [-0.3, -0.25) is 28.8 Å². The van der Waals surface area contributed by atoms with E-state index >= 15 is 0 Å². The van der Waals surface area contributed by atoms with Gasteiger partial charge in [0, 0.05) is 38.8 Å². The summed E-state index contributed by atoms with van der Waals surface area (Å²) >= 11 is 0. The fraction of sp³-hybridized carbons (Fsp3) is 0.357. The lowest BCUT2D eigenvalue weighted by Crippen LogP contribution is -2.63. The van der Waals surface area contributed by atoms with Crippen molar-refractivity contribution in [2.45, 2.75) is 58.4 Å². The van der Waals surface area contributed by atoms with Gasteiger partial charge in [-0.25, -0.2) is 0 Å². The van der Waals surface area contributed by atoms with Crippen LogP contribution in [-0.4, -0.2) is 73.3 Å². The zero-order chi connectivity index (χ0) is 29.4. The molecular weight excluding hydrogens is 528 g/mol. The van der Waals surface area contributed by atoms with Crippen molar-refractivity contribution in [3.8, 4) is 5.75 Å². The highest BCUT2D eigenvalue weighted by Gasteiger charge is 2.53. The van der Waals surface area contributed by atoms with E-state index in [0.717, 1.165) is 27.7 Å². The molecule has 1 heterocycles. The molecule has 212 valence electrons. The highest BCUT2D eigenvalue weighted by Crippen LogP contribution is 2.32. The highest BCUT2D eigenvalue weighted by atomic mass is 16.7. The molecule has 2 aromatic carbocycles. The molecule has 0 saturated carbocycles. The van der Waals surface area contributed by atoms with Crippen molar-refractivity contribution >= 4 is 35.9 Å². The first-order chi connectivity index (χ1) is 19.0. The van der Waals surface area contributed by atoms with Crippen LogP contribution < -0.4 is 4.74 Å². The maximum Gasteiger partial charge on any atom is 0.303 e. The zero-order valence-electron chi connectivity index (χ0n) is 22.2. The molecule has 0 aliphatic carbocycles. The smallest absolute Gasteiger partial charge is 0.303 e. The molecule has 3 rings (SSSR count). The lowest BCUT2D eigenvalue weighted by atomic mass is 9.98. The molecule has 1 aliphatic rings. The Balaban J connectivity index is 2.00. The lowest BCUT2D eigenvalue weighted by molar-refractivity contribution is -0.288. The largest absolute Gasteiger partial charge is 0.463 e. The van der Waals surface area contributed by atoms with E-state index in [1.807, 2.05) is 0 Å². The summed E-state index contributed by atoms with van der Waals surface area (Å²) in [6.07, 6.45) is -6.58. The highest BCUT2D eigenvalue weighted by molar-refractivity contribution is 6.09. The quantitative estimate of drug-likeness (QED) is 0.182. The monoisotopic (exact) mass is 556 g/mol. The molecule has 2 aromatic rings. The van der Waals surface area contributed by atoms with E-state index in [1.165, 1.54) is 18.2 Å². The van der Waals surface area contributed by atoms with Crippen molar-refractivity contribution in [2.24, 2.45) is 0 Å². The van der Waals surface area contributed by atoms with Gasteiger partial charge < -0.3 is 28.4 Å². The van der Waals surface area contributed by atoms with E-state index < -0.39 is 61.2 Å². The Hall–Kier alpha value is -4.58. The summed E-state index contributed by atoms with van der Waals surface area (Å²) in [6, 6.07) is 12.5. The standard InChI is InChI=1S/C28H28O12/c1-15(30)35-14-23-25(36-16(2)31)26(37-17(3)32)27(38-18(4)33)28(40-23)39-22-11-10-20(12-21(22)13-29)24(34)19-8-6-5-7-9-19/h5-13,23,25-28H,14H2,1-4H3/t23-,25-,26+,27-,28-/m1/s1. The van der Waals surface area contributed by atoms with Crippen LogP contribution in [0.5, 0.6) is 5.75 Å². The summed E-state index contributed by atoms with van der Waals surface area (Å²) < 4.78 is 32.9. The second kappa shape index (κ2) is 13.5. The molecule has 0 amide bonds. The molecule has 12 heteroatoms. The average Bonchev–Trinajstić information content (AvgIpc) is 2.90. The number of hydrogen-bond donors (Lipinski definition) is 0. The second-order valence-corrected chi connectivity index (χ2v) is 8.75. The van der Waals surface area contributed by atoms with Crippen LogP contribution in [0.15, 0.2) is 48.5 Å². The van der Waals surface area contributed by atoms with Gasteiger partial charge in [0.1, 0.15) is 18.5 Å². The van der Waals surface area contributed by atoms with Gasteiger partial charge in [0.25, 0.3) is 0 Å². The molecule has 0 unspecified atom stereocenters. The zero-order valence-corrected chi connectivity index (χ0v) is 22.2. The van der Waals surface area contributed by atoms with Crippen LogP contribution >= 0.6 is 0 Å². The van der Waals surface area contributed by atoms with E-state index in [-0.39, 0.29) is 22.7 Å². The summed E-state index contributed by atoms with van der Waals surface area (Å²) in [7, 11) is 0. The van der Waals surface area contributed by atoms with Crippen molar-refractivity contribution < 1.29 is 57.2 Å².